The van der Waals surface area contributed by atoms with E-state index >= 15 is 0 Å². The van der Waals surface area contributed by atoms with Crippen LogP contribution in [0.25, 0.3) is 0 Å². The van der Waals surface area contributed by atoms with Crippen molar-refractivity contribution >= 4 is 23.6 Å². The summed E-state index contributed by atoms with van der Waals surface area (Å²) in [6.07, 6.45) is -0.234. The maximum absolute atomic E-state index is 12.4. The van der Waals surface area contributed by atoms with E-state index in [1.807, 2.05) is 13.8 Å². The van der Waals surface area contributed by atoms with E-state index in [2.05, 4.69) is 10.6 Å². The van der Waals surface area contributed by atoms with Crippen molar-refractivity contribution in [1.82, 2.24) is 15.5 Å². The fourth-order valence-corrected chi connectivity index (χ4v) is 2.58. The first kappa shape index (κ1) is 19.1. The summed E-state index contributed by atoms with van der Waals surface area (Å²) in [5, 5.41) is 13.5. The fraction of sp³-hybridized carbons (Fsp3) is 0.389. The Hall–Kier alpha value is -3.21. The monoisotopic (exact) mass is 356 g/mol. The molecule has 1 heterocycles. The molecule has 0 radical (unpaired) electrons. The molecule has 0 bridgehead atoms. The summed E-state index contributed by atoms with van der Waals surface area (Å²) in [7, 11) is 0. The molecule has 0 aliphatic carbocycles. The SMILES string of the molecule is CC(C)CN1C(=O)c2ccc(C(=O)NCCNC(=O)CC#N)cc2C1=O. The highest BCUT2D eigenvalue weighted by Gasteiger charge is 2.36. The van der Waals surface area contributed by atoms with Crippen molar-refractivity contribution in [2.24, 2.45) is 5.92 Å². The Balaban J connectivity index is 1.99. The largest absolute Gasteiger partial charge is 0.353 e. The number of hydrogen-bond donors (Lipinski definition) is 2. The van der Waals surface area contributed by atoms with E-state index in [-0.39, 0.29) is 42.5 Å². The average molecular weight is 356 g/mol. The number of rotatable bonds is 7. The van der Waals surface area contributed by atoms with Crippen molar-refractivity contribution in [3.63, 3.8) is 0 Å². The Bertz CT molecular complexity index is 795. The van der Waals surface area contributed by atoms with Gasteiger partial charge in [-0.3, -0.25) is 24.1 Å². The summed E-state index contributed by atoms with van der Waals surface area (Å²) in [4.78, 5) is 49.2. The first-order valence-electron chi connectivity index (χ1n) is 8.27. The second-order valence-electron chi connectivity index (χ2n) is 6.32. The van der Waals surface area contributed by atoms with Gasteiger partial charge in [0.05, 0.1) is 17.2 Å². The minimum Gasteiger partial charge on any atom is -0.353 e. The van der Waals surface area contributed by atoms with Crippen molar-refractivity contribution in [2.45, 2.75) is 20.3 Å². The van der Waals surface area contributed by atoms with Gasteiger partial charge in [0.25, 0.3) is 17.7 Å². The molecule has 1 aromatic rings. The number of nitrogens with one attached hydrogen (secondary N) is 2. The molecule has 136 valence electrons. The van der Waals surface area contributed by atoms with Gasteiger partial charge in [-0.2, -0.15) is 5.26 Å². The summed E-state index contributed by atoms with van der Waals surface area (Å²) in [6.45, 7) is 4.53. The summed E-state index contributed by atoms with van der Waals surface area (Å²) >= 11 is 0. The Morgan fingerprint density at radius 2 is 1.77 bits per heavy atom. The van der Waals surface area contributed by atoms with E-state index in [0.717, 1.165) is 0 Å². The third kappa shape index (κ3) is 4.25. The van der Waals surface area contributed by atoms with Gasteiger partial charge in [0.1, 0.15) is 6.42 Å². The molecule has 4 amide bonds. The molecule has 1 aliphatic rings. The van der Waals surface area contributed by atoms with Crippen LogP contribution in [0.5, 0.6) is 0 Å². The van der Waals surface area contributed by atoms with Gasteiger partial charge in [0, 0.05) is 25.2 Å². The van der Waals surface area contributed by atoms with Crippen LogP contribution >= 0.6 is 0 Å². The van der Waals surface area contributed by atoms with Gasteiger partial charge in [-0.25, -0.2) is 0 Å². The topological polar surface area (TPSA) is 119 Å². The first-order chi connectivity index (χ1) is 12.3. The highest BCUT2D eigenvalue weighted by atomic mass is 16.2. The zero-order chi connectivity index (χ0) is 19.3. The molecule has 0 spiro atoms. The molecule has 0 saturated heterocycles. The summed E-state index contributed by atoms with van der Waals surface area (Å²) in [5.74, 6) is -1.40. The van der Waals surface area contributed by atoms with E-state index in [1.165, 1.54) is 23.1 Å². The number of fused-ring (bicyclic) bond motifs is 1. The smallest absolute Gasteiger partial charge is 0.261 e. The highest BCUT2D eigenvalue weighted by molar-refractivity contribution is 6.22. The molecule has 26 heavy (non-hydrogen) atoms. The quantitative estimate of drug-likeness (QED) is 0.550. The molecule has 2 N–H and O–H groups in total. The maximum Gasteiger partial charge on any atom is 0.261 e. The number of hydrogen-bond acceptors (Lipinski definition) is 5. The molecule has 2 rings (SSSR count). The lowest BCUT2D eigenvalue weighted by Gasteiger charge is -2.15. The minimum atomic E-state index is -0.412. The third-order valence-corrected chi connectivity index (χ3v) is 3.75. The Morgan fingerprint density at radius 3 is 2.42 bits per heavy atom. The van der Waals surface area contributed by atoms with Crippen molar-refractivity contribution in [3.8, 4) is 6.07 Å². The maximum atomic E-state index is 12.4. The number of carbonyl (C=O) groups is 4. The van der Waals surface area contributed by atoms with Crippen LogP contribution in [-0.4, -0.2) is 48.2 Å². The zero-order valence-electron chi connectivity index (χ0n) is 14.7. The number of imide groups is 1. The van der Waals surface area contributed by atoms with Gasteiger partial charge in [-0.05, 0) is 24.1 Å². The number of carbonyl (C=O) groups excluding carboxylic acids is 4. The average Bonchev–Trinajstić information content (AvgIpc) is 2.83. The van der Waals surface area contributed by atoms with Crippen LogP contribution in [0, 0.1) is 17.2 Å². The molecular weight excluding hydrogens is 336 g/mol. The molecule has 1 aromatic carbocycles. The standard InChI is InChI=1S/C18H20N4O4/c1-11(2)10-22-17(25)13-4-3-12(9-14(13)18(22)26)16(24)21-8-7-20-15(23)5-6-19/h3-4,9,11H,5,7-8,10H2,1-2H3,(H,20,23)(H,21,24). The van der Waals surface area contributed by atoms with Gasteiger partial charge in [0.15, 0.2) is 0 Å². The molecule has 1 aliphatic heterocycles. The fourth-order valence-electron chi connectivity index (χ4n) is 2.58. The highest BCUT2D eigenvalue weighted by Crippen LogP contribution is 2.24. The summed E-state index contributed by atoms with van der Waals surface area (Å²) in [5.41, 5.74) is 0.793. The lowest BCUT2D eigenvalue weighted by molar-refractivity contribution is -0.120. The second-order valence-corrected chi connectivity index (χ2v) is 6.32. The zero-order valence-corrected chi connectivity index (χ0v) is 14.7. The molecule has 0 atom stereocenters. The predicted octanol–water partition coefficient (Wildman–Crippen LogP) is 0.698. The van der Waals surface area contributed by atoms with E-state index in [9.17, 15) is 19.2 Å². The van der Waals surface area contributed by atoms with Crippen LogP contribution in [-0.2, 0) is 4.79 Å². The van der Waals surface area contributed by atoms with Crippen LogP contribution < -0.4 is 10.6 Å². The molecule has 8 nitrogen and oxygen atoms in total. The van der Waals surface area contributed by atoms with E-state index in [1.54, 1.807) is 6.07 Å². The summed E-state index contributed by atoms with van der Waals surface area (Å²) < 4.78 is 0. The van der Waals surface area contributed by atoms with Crippen molar-refractivity contribution < 1.29 is 19.2 Å². The molecule has 0 unspecified atom stereocenters. The van der Waals surface area contributed by atoms with Crippen molar-refractivity contribution in [1.29, 1.82) is 5.26 Å². The van der Waals surface area contributed by atoms with E-state index < -0.39 is 17.7 Å². The van der Waals surface area contributed by atoms with Crippen LogP contribution in [0.1, 0.15) is 51.3 Å². The summed E-state index contributed by atoms with van der Waals surface area (Å²) in [6, 6.07) is 6.12. The van der Waals surface area contributed by atoms with Gasteiger partial charge in [0.2, 0.25) is 5.91 Å². The number of benzene rings is 1. The minimum absolute atomic E-state index is 0.149. The normalized spacial score (nSPS) is 12.8. The molecule has 0 aromatic heterocycles. The first-order valence-corrected chi connectivity index (χ1v) is 8.27. The number of nitrogens with zero attached hydrogens (tertiary/aromatic N) is 2. The molecule has 0 saturated carbocycles. The van der Waals surface area contributed by atoms with Gasteiger partial charge in [-0.15, -0.1) is 0 Å². The van der Waals surface area contributed by atoms with E-state index in [0.29, 0.717) is 12.1 Å². The van der Waals surface area contributed by atoms with Gasteiger partial charge < -0.3 is 10.6 Å². The van der Waals surface area contributed by atoms with Gasteiger partial charge in [-0.1, -0.05) is 13.8 Å². The van der Waals surface area contributed by atoms with Crippen LogP contribution in [0.4, 0.5) is 0 Å². The third-order valence-electron chi connectivity index (χ3n) is 3.75. The van der Waals surface area contributed by atoms with Crippen LogP contribution in [0.2, 0.25) is 0 Å². The van der Waals surface area contributed by atoms with Crippen LogP contribution in [0.15, 0.2) is 18.2 Å². The van der Waals surface area contributed by atoms with Gasteiger partial charge >= 0.3 is 0 Å². The Morgan fingerprint density at radius 1 is 1.12 bits per heavy atom. The molecule has 8 heteroatoms. The number of amides is 4. The van der Waals surface area contributed by atoms with Crippen molar-refractivity contribution in [2.75, 3.05) is 19.6 Å². The number of nitriles is 1. The van der Waals surface area contributed by atoms with Crippen molar-refractivity contribution in [3.05, 3.63) is 34.9 Å². The lowest BCUT2D eigenvalue weighted by atomic mass is 10.1. The Labute approximate surface area is 151 Å². The van der Waals surface area contributed by atoms with Crippen LogP contribution in [0.3, 0.4) is 0 Å². The second kappa shape index (κ2) is 8.25. The predicted molar refractivity (Wildman–Crippen MR) is 92.2 cm³/mol. The molecule has 0 fully saturated rings. The molecular formula is C18H20N4O4. The van der Waals surface area contributed by atoms with E-state index in [4.69, 9.17) is 5.26 Å². The lowest BCUT2D eigenvalue weighted by Crippen LogP contribution is -2.34. The Kier molecular flexibility index (Phi) is 6.07.